The maximum absolute atomic E-state index is 10.6. The van der Waals surface area contributed by atoms with Crippen LogP contribution in [0.15, 0.2) is 18.2 Å². The van der Waals surface area contributed by atoms with Crippen LogP contribution in [0.5, 0.6) is 0 Å². The van der Waals surface area contributed by atoms with E-state index in [2.05, 4.69) is 0 Å². The second-order valence-corrected chi connectivity index (χ2v) is 5.11. The van der Waals surface area contributed by atoms with Crippen molar-refractivity contribution < 1.29 is 9.90 Å². The summed E-state index contributed by atoms with van der Waals surface area (Å²) in [7, 11) is 0. The second kappa shape index (κ2) is 5.42. The van der Waals surface area contributed by atoms with Crippen molar-refractivity contribution in [2.75, 3.05) is 0 Å². The van der Waals surface area contributed by atoms with Crippen molar-refractivity contribution in [1.29, 1.82) is 0 Å². The lowest BCUT2D eigenvalue weighted by molar-refractivity contribution is -0.136. The lowest BCUT2D eigenvalue weighted by Crippen LogP contribution is -2.11. The Balaban J connectivity index is 2.58. The van der Waals surface area contributed by atoms with Crippen molar-refractivity contribution in [3.63, 3.8) is 0 Å². The molecular weight excluding hydrogens is 232 g/mol. The van der Waals surface area contributed by atoms with Crippen molar-refractivity contribution in [1.82, 2.24) is 0 Å². The fraction of sp³-hybridized carbons (Fsp3) is 0.364. The van der Waals surface area contributed by atoms with Gasteiger partial charge in [0.15, 0.2) is 0 Å². The summed E-state index contributed by atoms with van der Waals surface area (Å²) < 4.78 is 0. The molecule has 0 amide bonds. The fourth-order valence-corrected chi connectivity index (χ4v) is 1.97. The molecule has 1 N–H and O–H groups in total. The number of carboxylic acid groups (broad SMARTS) is 1. The molecule has 0 heterocycles. The number of rotatable bonds is 4. The number of thioether (sulfide) groups is 1. The number of hydrogen-bond donors (Lipinski definition) is 1. The number of aryl methyl sites for hydroxylation is 1. The number of hydrogen-bond acceptors (Lipinski definition) is 2. The first-order chi connectivity index (χ1) is 7.00. The van der Waals surface area contributed by atoms with Crippen molar-refractivity contribution in [3.8, 4) is 0 Å². The zero-order valence-electron chi connectivity index (χ0n) is 8.66. The lowest BCUT2D eigenvalue weighted by atomic mass is 10.2. The maximum atomic E-state index is 10.6. The largest absolute Gasteiger partial charge is 0.480 e. The number of halogens is 1. The second-order valence-electron chi connectivity index (χ2n) is 3.38. The lowest BCUT2D eigenvalue weighted by Gasteiger charge is -2.07. The van der Waals surface area contributed by atoms with Gasteiger partial charge in [-0.2, -0.15) is 0 Å². The van der Waals surface area contributed by atoms with E-state index in [0.717, 1.165) is 16.1 Å². The average molecular weight is 245 g/mol. The quantitative estimate of drug-likeness (QED) is 0.883. The molecule has 0 spiro atoms. The molecule has 1 aromatic carbocycles. The molecule has 0 aliphatic carbocycles. The molecule has 0 saturated heterocycles. The summed E-state index contributed by atoms with van der Waals surface area (Å²) in [4.78, 5) is 10.6. The molecular formula is C11H13ClO2S. The summed E-state index contributed by atoms with van der Waals surface area (Å²) in [5.41, 5.74) is 2.13. The van der Waals surface area contributed by atoms with Gasteiger partial charge in [0.2, 0.25) is 0 Å². The van der Waals surface area contributed by atoms with E-state index in [1.165, 1.54) is 11.8 Å². The molecule has 1 unspecified atom stereocenters. The van der Waals surface area contributed by atoms with Crippen LogP contribution in [0.2, 0.25) is 5.02 Å². The van der Waals surface area contributed by atoms with Crippen molar-refractivity contribution in [2.45, 2.75) is 24.9 Å². The van der Waals surface area contributed by atoms with Gasteiger partial charge >= 0.3 is 5.97 Å². The third kappa shape index (κ3) is 3.76. The van der Waals surface area contributed by atoms with E-state index in [9.17, 15) is 4.79 Å². The normalized spacial score (nSPS) is 12.5. The van der Waals surface area contributed by atoms with Crippen molar-refractivity contribution in [3.05, 3.63) is 34.3 Å². The van der Waals surface area contributed by atoms with Crippen molar-refractivity contribution in [2.24, 2.45) is 0 Å². The van der Waals surface area contributed by atoms with E-state index in [-0.39, 0.29) is 5.25 Å². The Bertz CT molecular complexity index is 366. The first-order valence-corrected chi connectivity index (χ1v) is 6.03. The van der Waals surface area contributed by atoms with Crippen LogP contribution in [0.3, 0.4) is 0 Å². The summed E-state index contributed by atoms with van der Waals surface area (Å²) in [6.07, 6.45) is 0. The van der Waals surface area contributed by atoms with Crippen LogP contribution in [0.4, 0.5) is 0 Å². The fourth-order valence-electron chi connectivity index (χ4n) is 1.09. The van der Waals surface area contributed by atoms with Gasteiger partial charge in [-0.15, -0.1) is 11.8 Å². The number of carboxylic acids is 1. The Morgan fingerprint density at radius 2 is 2.27 bits per heavy atom. The zero-order chi connectivity index (χ0) is 11.4. The van der Waals surface area contributed by atoms with E-state index < -0.39 is 5.97 Å². The zero-order valence-corrected chi connectivity index (χ0v) is 10.2. The predicted octanol–water partition coefficient (Wildman–Crippen LogP) is 3.35. The highest BCUT2D eigenvalue weighted by Gasteiger charge is 2.11. The molecule has 0 saturated carbocycles. The van der Waals surface area contributed by atoms with Crippen LogP contribution < -0.4 is 0 Å². The highest BCUT2D eigenvalue weighted by atomic mass is 35.5. The minimum Gasteiger partial charge on any atom is -0.480 e. The number of aliphatic carboxylic acids is 1. The topological polar surface area (TPSA) is 37.3 Å². The molecule has 15 heavy (non-hydrogen) atoms. The Morgan fingerprint density at radius 3 is 2.80 bits per heavy atom. The minimum atomic E-state index is -0.773. The third-order valence-electron chi connectivity index (χ3n) is 2.07. The summed E-state index contributed by atoms with van der Waals surface area (Å²) >= 11 is 7.30. The minimum absolute atomic E-state index is 0.374. The highest BCUT2D eigenvalue weighted by Crippen LogP contribution is 2.22. The highest BCUT2D eigenvalue weighted by molar-refractivity contribution is 7.99. The van der Waals surface area contributed by atoms with Gasteiger partial charge in [0.1, 0.15) is 0 Å². The van der Waals surface area contributed by atoms with Gasteiger partial charge in [0.25, 0.3) is 0 Å². The van der Waals surface area contributed by atoms with E-state index in [4.69, 9.17) is 16.7 Å². The van der Waals surface area contributed by atoms with Gasteiger partial charge in [-0.3, -0.25) is 4.79 Å². The van der Waals surface area contributed by atoms with Crippen LogP contribution >= 0.6 is 23.4 Å². The Kier molecular flexibility index (Phi) is 4.48. The molecule has 0 aliphatic rings. The van der Waals surface area contributed by atoms with Crippen LogP contribution in [-0.4, -0.2) is 16.3 Å². The van der Waals surface area contributed by atoms with Crippen LogP contribution in [-0.2, 0) is 10.5 Å². The van der Waals surface area contributed by atoms with E-state index in [1.807, 2.05) is 25.1 Å². The standard InChI is InChI=1S/C11H13ClO2S/c1-7-5-9(3-4-10(7)12)6-15-8(2)11(13)14/h3-5,8H,6H2,1-2H3,(H,13,14). The molecule has 2 nitrogen and oxygen atoms in total. The van der Waals surface area contributed by atoms with Crippen LogP contribution in [0.25, 0.3) is 0 Å². The summed E-state index contributed by atoms with van der Waals surface area (Å²) in [6, 6.07) is 5.76. The molecule has 82 valence electrons. The smallest absolute Gasteiger partial charge is 0.316 e. The monoisotopic (exact) mass is 244 g/mol. The van der Waals surface area contributed by atoms with E-state index in [0.29, 0.717) is 5.75 Å². The average Bonchev–Trinajstić information content (AvgIpc) is 2.19. The molecule has 0 bridgehead atoms. The first-order valence-electron chi connectivity index (χ1n) is 4.60. The molecule has 0 aliphatic heterocycles. The van der Waals surface area contributed by atoms with Gasteiger partial charge in [-0.1, -0.05) is 23.7 Å². The molecule has 1 atom stereocenters. The first kappa shape index (κ1) is 12.4. The van der Waals surface area contributed by atoms with Crippen LogP contribution in [0, 0.1) is 6.92 Å². The molecule has 1 rings (SSSR count). The molecule has 1 aromatic rings. The van der Waals surface area contributed by atoms with E-state index in [1.54, 1.807) is 6.92 Å². The SMILES string of the molecule is Cc1cc(CSC(C)C(=O)O)ccc1Cl. The van der Waals surface area contributed by atoms with Crippen molar-refractivity contribution >= 4 is 29.3 Å². The number of carbonyl (C=O) groups is 1. The number of benzene rings is 1. The molecule has 0 aromatic heterocycles. The molecule has 0 radical (unpaired) electrons. The van der Waals surface area contributed by atoms with Gasteiger partial charge in [-0.25, -0.2) is 0 Å². The van der Waals surface area contributed by atoms with Gasteiger partial charge in [0, 0.05) is 10.8 Å². The third-order valence-corrected chi connectivity index (χ3v) is 3.70. The summed E-state index contributed by atoms with van der Waals surface area (Å²) in [5, 5.41) is 9.09. The van der Waals surface area contributed by atoms with Gasteiger partial charge in [-0.05, 0) is 31.0 Å². The van der Waals surface area contributed by atoms with E-state index >= 15 is 0 Å². The molecule has 4 heteroatoms. The Hall–Kier alpha value is -0.670. The Morgan fingerprint density at radius 1 is 1.60 bits per heavy atom. The van der Waals surface area contributed by atoms with Gasteiger partial charge in [0.05, 0.1) is 5.25 Å². The Labute approximate surface area is 98.6 Å². The summed E-state index contributed by atoms with van der Waals surface area (Å²) in [6.45, 7) is 3.63. The van der Waals surface area contributed by atoms with Gasteiger partial charge < -0.3 is 5.11 Å². The predicted molar refractivity (Wildman–Crippen MR) is 64.6 cm³/mol. The molecule has 0 fully saturated rings. The van der Waals surface area contributed by atoms with Crippen LogP contribution in [0.1, 0.15) is 18.1 Å². The maximum Gasteiger partial charge on any atom is 0.316 e. The summed E-state index contributed by atoms with van der Waals surface area (Å²) in [5.74, 6) is -0.0726.